The molecule has 250 valence electrons. The summed E-state index contributed by atoms with van der Waals surface area (Å²) in [5.41, 5.74) is 14.1. The molecule has 0 spiro atoms. The molecule has 9 heterocycles. The third-order valence-electron chi connectivity index (χ3n) is 9.37. The number of H-pyrrole nitrogens is 2. The average molecular weight is 685 g/mol. The summed E-state index contributed by atoms with van der Waals surface area (Å²) in [5.74, 6) is 1.55. The maximum absolute atomic E-state index is 6.04. The summed E-state index contributed by atoms with van der Waals surface area (Å²) >= 11 is 1.24. The molecule has 6 nitrogen and oxygen atoms in total. The lowest BCUT2D eigenvalue weighted by atomic mass is 9.96. The van der Waals surface area contributed by atoms with E-state index in [9.17, 15) is 0 Å². The van der Waals surface area contributed by atoms with Crippen LogP contribution in [-0.2, 0) is 6.42 Å². The van der Waals surface area contributed by atoms with Gasteiger partial charge < -0.3 is 19.4 Å². The van der Waals surface area contributed by atoms with Crippen LogP contribution in [0, 0.1) is 0 Å². The Morgan fingerprint density at radius 1 is 0.765 bits per heavy atom. The highest BCUT2D eigenvalue weighted by atomic mass is 32.1. The third-order valence-corrected chi connectivity index (χ3v) is 9.90. The van der Waals surface area contributed by atoms with Crippen LogP contribution < -0.4 is 9.47 Å². The predicted octanol–water partition coefficient (Wildman–Crippen LogP) is 11.4. The number of aromatic nitrogens is 4. The molecule has 6 aliphatic heterocycles. The Labute approximate surface area is 300 Å². The molecule has 0 fully saturated rings. The van der Waals surface area contributed by atoms with Gasteiger partial charge in [0.1, 0.15) is 11.0 Å². The van der Waals surface area contributed by atoms with Crippen LogP contribution in [0.25, 0.3) is 72.6 Å². The summed E-state index contributed by atoms with van der Waals surface area (Å²) in [5, 5.41) is 1.91. The van der Waals surface area contributed by atoms with Crippen molar-refractivity contribution in [3.05, 3.63) is 150 Å². The van der Waals surface area contributed by atoms with Gasteiger partial charge in [0.25, 0.3) is 0 Å². The number of fused-ring (bicyclic) bond motifs is 2. The smallest absolute Gasteiger partial charge is 0.152 e. The molecule has 51 heavy (non-hydrogen) atoms. The number of hydrogen-bond donors (Lipinski definition) is 2. The molecule has 6 aliphatic rings. The lowest BCUT2D eigenvalue weighted by Gasteiger charge is -2.09. The molecule has 7 aromatic rings. The molecule has 0 saturated carbocycles. The van der Waals surface area contributed by atoms with E-state index < -0.39 is 0 Å². The monoisotopic (exact) mass is 684 g/mol. The van der Waals surface area contributed by atoms with Crippen molar-refractivity contribution in [1.29, 1.82) is 0 Å². The number of hydrogen-bond acceptors (Lipinski definition) is 5. The first-order valence-electron chi connectivity index (χ1n) is 16.9. The zero-order chi connectivity index (χ0) is 34.9. The van der Waals surface area contributed by atoms with Gasteiger partial charge in [-0.2, -0.15) is 8.75 Å². The van der Waals surface area contributed by atoms with E-state index >= 15 is 0 Å². The normalized spacial score (nSPS) is 16.4. The van der Waals surface area contributed by atoms with Gasteiger partial charge in [0.2, 0.25) is 0 Å². The average Bonchev–Trinajstić information content (AvgIpc) is 3.93. The second kappa shape index (κ2) is 13.6. The zero-order valence-corrected chi connectivity index (χ0v) is 29.5. The summed E-state index contributed by atoms with van der Waals surface area (Å²) in [7, 11) is 3.43. The minimum atomic E-state index is 0.773. The molecule has 2 N–H and O–H groups in total. The summed E-state index contributed by atoms with van der Waals surface area (Å²) in [6.07, 6.45) is 19.5. The summed E-state index contributed by atoms with van der Waals surface area (Å²) < 4.78 is 21.6. The molecular formula is C44H36N4O2S. The van der Waals surface area contributed by atoms with Gasteiger partial charge >= 0.3 is 0 Å². The Balaban J connectivity index is 1.29. The quantitative estimate of drug-likeness (QED) is 0.193. The van der Waals surface area contributed by atoms with Crippen molar-refractivity contribution < 1.29 is 9.47 Å². The van der Waals surface area contributed by atoms with Gasteiger partial charge in [-0.25, -0.2) is 0 Å². The van der Waals surface area contributed by atoms with Crippen LogP contribution in [0.15, 0.2) is 128 Å². The fourth-order valence-electron chi connectivity index (χ4n) is 6.92. The van der Waals surface area contributed by atoms with E-state index in [0.29, 0.717) is 0 Å². The molecule has 0 unspecified atom stereocenters. The van der Waals surface area contributed by atoms with E-state index in [1.54, 1.807) is 14.2 Å². The van der Waals surface area contributed by atoms with Crippen LogP contribution in [0.1, 0.15) is 29.2 Å². The molecule has 0 amide bonds. The van der Waals surface area contributed by atoms with E-state index in [2.05, 4.69) is 132 Å². The fraction of sp³-hybridized carbons (Fsp3) is 0.0909. The number of nitrogens with zero attached hydrogens (tertiary/aromatic N) is 2. The number of benzene rings is 4. The molecule has 0 atom stereocenters. The molecule has 3 aromatic heterocycles. The van der Waals surface area contributed by atoms with Crippen LogP contribution >= 0.6 is 11.7 Å². The Morgan fingerprint density at radius 2 is 1.37 bits per heavy atom. The SMILES string of the molecule is C=C/C=C1\C=C/Cc2ccc(cc2)-c2cc3c(OC)c4[nH]c(cc4c(OC)c3[nH]2)-c2ccc(cc2)\C=C/C=C(\C=C/C)c2ccc1c1nsnc21. The van der Waals surface area contributed by atoms with Crippen LogP contribution in [0.4, 0.5) is 0 Å². The molecule has 0 radical (unpaired) electrons. The van der Waals surface area contributed by atoms with Gasteiger partial charge in [-0.3, -0.25) is 0 Å². The molecule has 13 rings (SSSR count). The van der Waals surface area contributed by atoms with Crippen LogP contribution in [-0.4, -0.2) is 32.9 Å². The fourth-order valence-corrected chi connectivity index (χ4v) is 7.49. The standard InChI is InChI=1S/C44H36N4O2S/c1-5-9-29-13-7-11-27-15-19-31(20-16-27)37-25-35-41(45-37)44(50-4)36-26-38(46-42(36)43(35)49-3)32-21-17-28(18-22-32)12-8-14-30(10-6-2)34-24-23-33(29)39-40(34)48-51-47-39/h5-10,12-26,45-46H,1,11H2,2-4H3/b10-6-,12-8-,13-7-,29-9+,30-14+. The molecule has 7 heteroatoms. The topological polar surface area (TPSA) is 75.8 Å². The van der Waals surface area contributed by atoms with Gasteiger partial charge in [-0.15, -0.1) is 0 Å². The van der Waals surface area contributed by atoms with Gasteiger partial charge in [-0.05, 0) is 58.9 Å². The summed E-state index contributed by atoms with van der Waals surface area (Å²) in [6, 6.07) is 25.7. The predicted molar refractivity (Wildman–Crippen MR) is 214 cm³/mol. The Hall–Kier alpha value is -6.18. The lowest BCUT2D eigenvalue weighted by molar-refractivity contribution is 0.417. The summed E-state index contributed by atoms with van der Waals surface area (Å²) in [6.45, 7) is 6.02. The van der Waals surface area contributed by atoms with E-state index in [1.807, 2.05) is 19.1 Å². The zero-order valence-electron chi connectivity index (χ0n) is 28.7. The second-order valence-electron chi connectivity index (χ2n) is 12.4. The molecular weight excluding hydrogens is 649 g/mol. The van der Waals surface area contributed by atoms with Crippen LogP contribution in [0.3, 0.4) is 0 Å². The number of rotatable bonds is 4. The number of methoxy groups -OCH3 is 2. The molecule has 4 aromatic carbocycles. The van der Waals surface area contributed by atoms with Crippen molar-refractivity contribution in [2.24, 2.45) is 0 Å². The van der Waals surface area contributed by atoms with E-state index in [-0.39, 0.29) is 0 Å². The highest BCUT2D eigenvalue weighted by Crippen LogP contribution is 2.45. The van der Waals surface area contributed by atoms with E-state index in [0.717, 1.165) is 101 Å². The minimum absolute atomic E-state index is 0.773. The lowest BCUT2D eigenvalue weighted by Crippen LogP contribution is -1.91. The van der Waals surface area contributed by atoms with Crippen molar-refractivity contribution in [1.82, 2.24) is 18.7 Å². The highest BCUT2D eigenvalue weighted by Gasteiger charge is 2.21. The number of ether oxygens (including phenoxy) is 2. The van der Waals surface area contributed by atoms with Crippen molar-refractivity contribution in [3.8, 4) is 34.0 Å². The van der Waals surface area contributed by atoms with Gasteiger partial charge in [0.05, 0.1) is 37.0 Å². The highest BCUT2D eigenvalue weighted by molar-refractivity contribution is 7.00. The van der Waals surface area contributed by atoms with E-state index in [1.165, 1.54) is 17.3 Å². The first-order valence-corrected chi connectivity index (χ1v) is 17.6. The first kappa shape index (κ1) is 32.0. The van der Waals surface area contributed by atoms with Gasteiger partial charge in [0, 0.05) is 33.3 Å². The largest absolute Gasteiger partial charge is 0.494 e. The molecule has 12 bridgehead atoms. The maximum Gasteiger partial charge on any atom is 0.152 e. The van der Waals surface area contributed by atoms with Crippen molar-refractivity contribution in [3.63, 3.8) is 0 Å². The van der Waals surface area contributed by atoms with Crippen LogP contribution in [0.5, 0.6) is 11.5 Å². The Bertz CT molecular complexity index is 2530. The molecule has 0 saturated heterocycles. The van der Waals surface area contributed by atoms with Crippen molar-refractivity contribution in [2.45, 2.75) is 13.3 Å². The van der Waals surface area contributed by atoms with Crippen LogP contribution in [0.2, 0.25) is 0 Å². The number of aromatic amines is 2. The Morgan fingerprint density at radius 3 is 1.98 bits per heavy atom. The minimum Gasteiger partial charge on any atom is -0.494 e. The van der Waals surface area contributed by atoms with E-state index in [4.69, 9.17) is 18.2 Å². The second-order valence-corrected chi connectivity index (χ2v) is 12.9. The third kappa shape index (κ3) is 5.81. The first-order chi connectivity index (χ1) is 25.1. The van der Waals surface area contributed by atoms with Gasteiger partial charge in [-0.1, -0.05) is 122 Å². The van der Waals surface area contributed by atoms with Crippen molar-refractivity contribution >= 4 is 61.8 Å². The molecule has 0 aliphatic carbocycles. The number of nitrogens with one attached hydrogen (secondary N) is 2. The summed E-state index contributed by atoms with van der Waals surface area (Å²) in [4.78, 5) is 7.27. The van der Waals surface area contributed by atoms with Gasteiger partial charge in [0.15, 0.2) is 11.5 Å². The Kier molecular flexibility index (Phi) is 8.56. The maximum atomic E-state index is 6.04. The number of allylic oxidation sites excluding steroid dienone is 10. The van der Waals surface area contributed by atoms with Crippen molar-refractivity contribution in [2.75, 3.05) is 14.2 Å².